The average molecular weight is 325 g/mol. The van der Waals surface area contributed by atoms with Crippen LogP contribution < -0.4 is 0 Å². The van der Waals surface area contributed by atoms with Gasteiger partial charge in [0.25, 0.3) is 0 Å². The van der Waals surface area contributed by atoms with Crippen LogP contribution in [-0.2, 0) is 0 Å². The fourth-order valence-electron chi connectivity index (χ4n) is 6.34. The molecule has 0 amide bonds. The summed E-state index contributed by atoms with van der Waals surface area (Å²) in [5, 5.41) is 0. The minimum absolute atomic E-state index is 0.412. The van der Waals surface area contributed by atoms with E-state index in [1.54, 1.807) is 0 Å². The maximum atomic E-state index is 2.72. The van der Waals surface area contributed by atoms with Crippen molar-refractivity contribution in [2.75, 3.05) is 0 Å². The van der Waals surface area contributed by atoms with Gasteiger partial charge in [0.1, 0.15) is 0 Å². The Kier molecular flexibility index (Phi) is 3.64. The van der Waals surface area contributed by atoms with Crippen molar-refractivity contribution < 1.29 is 0 Å². The first-order valence-electron chi connectivity index (χ1n) is 9.64. The van der Waals surface area contributed by atoms with Crippen molar-refractivity contribution in [1.82, 2.24) is 0 Å². The van der Waals surface area contributed by atoms with Gasteiger partial charge in [-0.05, 0) is 59.4 Å². The van der Waals surface area contributed by atoms with Crippen LogP contribution in [0.4, 0.5) is 0 Å². The van der Waals surface area contributed by atoms with Gasteiger partial charge in [0.2, 0.25) is 0 Å². The highest BCUT2D eigenvalue weighted by Crippen LogP contribution is 2.63. The number of hydrogen-bond acceptors (Lipinski definition) is 0. The zero-order valence-corrected chi connectivity index (χ0v) is 16.2. The Bertz CT molecular complexity index is 573. The summed E-state index contributed by atoms with van der Waals surface area (Å²) < 4.78 is 0. The van der Waals surface area contributed by atoms with Gasteiger partial charge in [0, 0.05) is 0 Å². The van der Waals surface area contributed by atoms with E-state index >= 15 is 0 Å². The van der Waals surface area contributed by atoms with Crippen LogP contribution in [0.3, 0.4) is 0 Å². The lowest BCUT2D eigenvalue weighted by Crippen LogP contribution is -2.40. The molecule has 0 bridgehead atoms. The third kappa shape index (κ3) is 2.30. The van der Waals surface area contributed by atoms with Crippen LogP contribution in [0, 0.1) is 29.1 Å². The molecule has 124 valence electrons. The second-order valence-corrected chi connectivity index (χ2v) is 14.6. The third-order valence-corrected chi connectivity index (χ3v) is 13.5. The average Bonchev–Trinajstić information content (AvgIpc) is 3.08. The lowest BCUT2D eigenvalue weighted by atomic mass is 9.72. The van der Waals surface area contributed by atoms with E-state index in [0.29, 0.717) is 5.41 Å². The van der Waals surface area contributed by atoms with Crippen LogP contribution in [0.2, 0.25) is 24.2 Å². The molecule has 6 unspecified atom stereocenters. The molecule has 4 aliphatic rings. The molecule has 2 fully saturated rings. The molecule has 0 spiro atoms. The highest BCUT2D eigenvalue weighted by molar-refractivity contribution is 6.80. The molecule has 4 rings (SSSR count). The Labute approximate surface area is 143 Å². The first-order chi connectivity index (χ1) is 10.9. The number of rotatable bonds is 2. The quantitative estimate of drug-likeness (QED) is 0.517. The highest BCUT2D eigenvalue weighted by atomic mass is 28.3. The molecule has 0 aromatic rings. The first kappa shape index (κ1) is 15.7. The van der Waals surface area contributed by atoms with Crippen LogP contribution in [0.5, 0.6) is 0 Å². The summed E-state index contributed by atoms with van der Waals surface area (Å²) in [6, 6.07) is 0. The van der Waals surface area contributed by atoms with Gasteiger partial charge in [-0.1, -0.05) is 75.5 Å². The molecule has 0 saturated heterocycles. The Morgan fingerprint density at radius 2 is 1.48 bits per heavy atom. The van der Waals surface area contributed by atoms with Crippen LogP contribution >= 0.6 is 0 Å². The number of allylic oxidation sites excluding steroid dienone is 8. The zero-order valence-electron chi connectivity index (χ0n) is 15.2. The summed E-state index contributed by atoms with van der Waals surface area (Å²) in [7, 11) is -1.26. The highest BCUT2D eigenvalue weighted by Gasteiger charge is 2.55. The Balaban J connectivity index is 1.57. The summed E-state index contributed by atoms with van der Waals surface area (Å²) in [5.74, 6) is 3.30. The van der Waals surface area contributed by atoms with Crippen LogP contribution in [-0.4, -0.2) is 8.07 Å². The molecule has 4 aliphatic carbocycles. The van der Waals surface area contributed by atoms with Crippen molar-refractivity contribution in [2.45, 2.75) is 57.3 Å². The lowest BCUT2D eigenvalue weighted by molar-refractivity contribution is 0.276. The first-order valence-corrected chi connectivity index (χ1v) is 12.8. The summed E-state index contributed by atoms with van der Waals surface area (Å²) >= 11 is 0. The molecule has 0 aliphatic heterocycles. The summed E-state index contributed by atoms with van der Waals surface area (Å²) in [4.78, 5) is 0. The predicted molar refractivity (Wildman–Crippen MR) is 103 cm³/mol. The standard InChI is InChI=1S/C22H32Si/c1-16-21(15-19-11-7-8-12-22(16,19)2)23(3,4)20-13-17-9-5-6-10-18(17)14-20/h5-12,16-21H,13-15H2,1-4H3. The second-order valence-electron chi connectivity index (χ2n) is 9.43. The molecule has 0 aromatic carbocycles. The van der Waals surface area contributed by atoms with Gasteiger partial charge in [-0.2, -0.15) is 0 Å². The monoisotopic (exact) mass is 324 g/mol. The van der Waals surface area contributed by atoms with Gasteiger partial charge < -0.3 is 0 Å². The Morgan fingerprint density at radius 3 is 2.09 bits per heavy atom. The summed E-state index contributed by atoms with van der Waals surface area (Å²) in [6.45, 7) is 10.5. The molecule has 23 heavy (non-hydrogen) atoms. The van der Waals surface area contributed by atoms with Crippen molar-refractivity contribution in [3.05, 3.63) is 48.6 Å². The van der Waals surface area contributed by atoms with E-state index in [0.717, 1.165) is 34.8 Å². The van der Waals surface area contributed by atoms with Crippen LogP contribution in [0.1, 0.15) is 33.1 Å². The molecule has 1 heteroatoms. The molecule has 0 heterocycles. The topological polar surface area (TPSA) is 0 Å². The smallest absolute Gasteiger partial charge is 0.0539 e. The second kappa shape index (κ2) is 5.34. The number of fused-ring (bicyclic) bond motifs is 2. The fourth-order valence-corrected chi connectivity index (χ4v) is 11.2. The molecule has 6 atom stereocenters. The van der Waals surface area contributed by atoms with Gasteiger partial charge >= 0.3 is 0 Å². The maximum Gasteiger partial charge on any atom is 0.0539 e. The van der Waals surface area contributed by atoms with E-state index < -0.39 is 8.07 Å². The molecule has 0 aromatic heterocycles. The van der Waals surface area contributed by atoms with Gasteiger partial charge in [-0.25, -0.2) is 0 Å². The largest absolute Gasteiger partial charge is 0.0808 e. The van der Waals surface area contributed by atoms with Crippen molar-refractivity contribution in [3.8, 4) is 0 Å². The van der Waals surface area contributed by atoms with E-state index in [2.05, 4.69) is 75.5 Å². The van der Waals surface area contributed by atoms with Gasteiger partial charge in [0.05, 0.1) is 8.07 Å². The minimum Gasteiger partial charge on any atom is -0.0808 e. The van der Waals surface area contributed by atoms with Crippen molar-refractivity contribution >= 4 is 8.07 Å². The fraction of sp³-hybridized carbons (Fsp3) is 0.636. The van der Waals surface area contributed by atoms with Gasteiger partial charge in [-0.3, -0.25) is 0 Å². The van der Waals surface area contributed by atoms with Crippen molar-refractivity contribution in [2.24, 2.45) is 29.1 Å². The van der Waals surface area contributed by atoms with Crippen molar-refractivity contribution in [1.29, 1.82) is 0 Å². The van der Waals surface area contributed by atoms with Crippen LogP contribution in [0.15, 0.2) is 48.6 Å². The zero-order chi connectivity index (χ0) is 16.2. The van der Waals surface area contributed by atoms with E-state index in [-0.39, 0.29) is 0 Å². The lowest BCUT2D eigenvalue weighted by Gasteiger charge is -2.41. The third-order valence-electron chi connectivity index (χ3n) is 8.30. The molecule has 0 N–H and O–H groups in total. The molecule has 0 radical (unpaired) electrons. The van der Waals surface area contributed by atoms with E-state index in [4.69, 9.17) is 0 Å². The Hall–Kier alpha value is -0.823. The van der Waals surface area contributed by atoms with E-state index in [9.17, 15) is 0 Å². The summed E-state index contributed by atoms with van der Waals surface area (Å²) in [5.41, 5.74) is 2.39. The SMILES string of the molecule is CC1C([Si](C)(C)C2CC3C=CC=CC3C2)CC2C=CC=CC21C. The predicted octanol–water partition coefficient (Wildman–Crippen LogP) is 6.38. The Morgan fingerprint density at radius 1 is 0.870 bits per heavy atom. The minimum atomic E-state index is -1.26. The molecule has 2 saturated carbocycles. The van der Waals surface area contributed by atoms with Crippen LogP contribution in [0.25, 0.3) is 0 Å². The molecular formula is C22H32Si. The van der Waals surface area contributed by atoms with E-state index in [1.807, 2.05) is 0 Å². The van der Waals surface area contributed by atoms with E-state index in [1.165, 1.54) is 19.3 Å². The normalized spacial score (nSPS) is 47.8. The van der Waals surface area contributed by atoms with Crippen molar-refractivity contribution in [3.63, 3.8) is 0 Å². The van der Waals surface area contributed by atoms with Gasteiger partial charge in [0.15, 0.2) is 0 Å². The molecule has 0 nitrogen and oxygen atoms in total. The van der Waals surface area contributed by atoms with Gasteiger partial charge in [-0.15, -0.1) is 0 Å². The molecular weight excluding hydrogens is 292 g/mol. The maximum absolute atomic E-state index is 2.72. The summed E-state index contributed by atoms with van der Waals surface area (Å²) in [6.07, 6.45) is 23.5. The number of hydrogen-bond donors (Lipinski definition) is 0.